The molecule has 0 bridgehead atoms. The van der Waals surface area contributed by atoms with Gasteiger partial charge in [0.05, 0.1) is 0 Å². The fraction of sp³-hybridized carbons (Fsp3) is 0.429. The Hall–Kier alpha value is -1.64. The molecule has 0 aromatic heterocycles. The van der Waals surface area contributed by atoms with Crippen LogP contribution >= 0.6 is 0 Å². The average molecular weight is 233 g/mol. The Labute approximate surface area is 102 Å². The van der Waals surface area contributed by atoms with Crippen molar-refractivity contribution in [1.82, 2.24) is 4.90 Å². The van der Waals surface area contributed by atoms with Crippen LogP contribution in [0.2, 0.25) is 0 Å². The summed E-state index contributed by atoms with van der Waals surface area (Å²) in [5.74, 6) is 0.0106. The fourth-order valence-corrected chi connectivity index (χ4v) is 1.96. The quantitative estimate of drug-likeness (QED) is 0.783. The standard InChI is InChI=1S/C14H19NO2/c1-4-13(17)14(15(5-2)11(3)16)12-9-7-6-8-10-12/h6-10,14H,4-5H2,1-3H3. The Morgan fingerprint density at radius 3 is 2.18 bits per heavy atom. The van der Waals surface area contributed by atoms with Crippen molar-refractivity contribution in [2.75, 3.05) is 6.54 Å². The lowest BCUT2D eigenvalue weighted by molar-refractivity contribution is -0.138. The molecule has 0 radical (unpaired) electrons. The maximum absolute atomic E-state index is 12.0. The lowest BCUT2D eigenvalue weighted by Gasteiger charge is -2.29. The number of carbonyl (C=O) groups is 2. The van der Waals surface area contributed by atoms with Gasteiger partial charge in [0, 0.05) is 19.9 Å². The SMILES string of the molecule is CCC(=O)C(c1ccccc1)N(CC)C(C)=O. The van der Waals surface area contributed by atoms with E-state index in [0.29, 0.717) is 13.0 Å². The van der Waals surface area contributed by atoms with E-state index in [4.69, 9.17) is 0 Å². The molecule has 3 nitrogen and oxygen atoms in total. The highest BCUT2D eigenvalue weighted by Crippen LogP contribution is 2.22. The molecule has 0 fully saturated rings. The van der Waals surface area contributed by atoms with Crippen LogP contribution in [0, 0.1) is 0 Å². The number of likely N-dealkylation sites (N-methyl/N-ethyl adjacent to an activating group) is 1. The summed E-state index contributed by atoms with van der Waals surface area (Å²) in [6.45, 7) is 5.76. The predicted molar refractivity (Wildman–Crippen MR) is 67.5 cm³/mol. The van der Waals surface area contributed by atoms with E-state index in [9.17, 15) is 9.59 Å². The van der Waals surface area contributed by atoms with Crippen molar-refractivity contribution < 1.29 is 9.59 Å². The number of amides is 1. The monoisotopic (exact) mass is 233 g/mol. The lowest BCUT2D eigenvalue weighted by Crippen LogP contribution is -2.37. The van der Waals surface area contributed by atoms with Gasteiger partial charge in [-0.3, -0.25) is 9.59 Å². The average Bonchev–Trinajstić information content (AvgIpc) is 2.35. The van der Waals surface area contributed by atoms with Gasteiger partial charge in [0.1, 0.15) is 6.04 Å². The normalized spacial score (nSPS) is 11.9. The Morgan fingerprint density at radius 2 is 1.76 bits per heavy atom. The van der Waals surface area contributed by atoms with E-state index in [2.05, 4.69) is 0 Å². The predicted octanol–water partition coefficient (Wildman–Crippen LogP) is 2.58. The van der Waals surface area contributed by atoms with E-state index >= 15 is 0 Å². The Morgan fingerprint density at radius 1 is 1.18 bits per heavy atom. The van der Waals surface area contributed by atoms with Crippen molar-refractivity contribution in [3.8, 4) is 0 Å². The van der Waals surface area contributed by atoms with Crippen LogP contribution < -0.4 is 0 Å². The molecular weight excluding hydrogens is 214 g/mol. The van der Waals surface area contributed by atoms with Gasteiger partial charge in [0.15, 0.2) is 5.78 Å². The summed E-state index contributed by atoms with van der Waals surface area (Å²) >= 11 is 0. The van der Waals surface area contributed by atoms with Gasteiger partial charge in [-0.15, -0.1) is 0 Å². The molecule has 17 heavy (non-hydrogen) atoms. The molecule has 92 valence electrons. The molecule has 1 amide bonds. The summed E-state index contributed by atoms with van der Waals surface area (Å²) in [6, 6.07) is 9.02. The molecule has 0 aliphatic carbocycles. The fourth-order valence-electron chi connectivity index (χ4n) is 1.96. The topological polar surface area (TPSA) is 37.4 Å². The smallest absolute Gasteiger partial charge is 0.220 e. The van der Waals surface area contributed by atoms with Crippen LogP contribution in [0.4, 0.5) is 0 Å². The van der Waals surface area contributed by atoms with Gasteiger partial charge >= 0.3 is 0 Å². The van der Waals surface area contributed by atoms with Crippen molar-refractivity contribution in [3.05, 3.63) is 35.9 Å². The number of Topliss-reactive ketones (excluding diaryl/α,β-unsaturated/α-hetero) is 1. The van der Waals surface area contributed by atoms with Gasteiger partial charge in [-0.25, -0.2) is 0 Å². The number of ketones is 1. The van der Waals surface area contributed by atoms with Crippen LogP contribution in [-0.4, -0.2) is 23.1 Å². The number of hydrogen-bond acceptors (Lipinski definition) is 2. The van der Waals surface area contributed by atoms with Crippen LogP contribution in [0.5, 0.6) is 0 Å². The first-order valence-corrected chi connectivity index (χ1v) is 5.96. The highest BCUT2D eigenvalue weighted by Gasteiger charge is 2.26. The minimum absolute atomic E-state index is 0.0665. The molecular formula is C14H19NO2. The summed E-state index contributed by atoms with van der Waals surface area (Å²) in [6.07, 6.45) is 0.434. The van der Waals surface area contributed by atoms with E-state index in [-0.39, 0.29) is 11.7 Å². The zero-order chi connectivity index (χ0) is 12.8. The van der Waals surface area contributed by atoms with Gasteiger partial charge in [-0.05, 0) is 12.5 Å². The van der Waals surface area contributed by atoms with E-state index in [1.54, 1.807) is 4.90 Å². The third-order valence-electron chi connectivity index (χ3n) is 2.83. The molecule has 0 saturated carbocycles. The number of nitrogens with zero attached hydrogens (tertiary/aromatic N) is 1. The van der Waals surface area contributed by atoms with E-state index in [1.807, 2.05) is 44.2 Å². The largest absolute Gasteiger partial charge is 0.329 e. The second-order valence-corrected chi connectivity index (χ2v) is 3.94. The zero-order valence-electron chi connectivity index (χ0n) is 10.6. The number of rotatable bonds is 5. The zero-order valence-corrected chi connectivity index (χ0v) is 10.6. The maximum atomic E-state index is 12.0. The third-order valence-corrected chi connectivity index (χ3v) is 2.83. The van der Waals surface area contributed by atoms with Crippen LogP contribution in [0.3, 0.4) is 0 Å². The Balaban J connectivity index is 3.12. The Bertz CT molecular complexity index is 386. The summed E-state index contributed by atoms with van der Waals surface area (Å²) in [5.41, 5.74) is 0.886. The van der Waals surface area contributed by atoms with Crippen molar-refractivity contribution in [2.45, 2.75) is 33.2 Å². The first-order valence-electron chi connectivity index (χ1n) is 5.96. The highest BCUT2D eigenvalue weighted by atomic mass is 16.2. The molecule has 1 aromatic rings. The number of hydrogen-bond donors (Lipinski definition) is 0. The molecule has 1 rings (SSSR count). The van der Waals surface area contributed by atoms with E-state index in [0.717, 1.165) is 5.56 Å². The van der Waals surface area contributed by atoms with Crippen LogP contribution in [0.25, 0.3) is 0 Å². The van der Waals surface area contributed by atoms with Crippen molar-refractivity contribution in [1.29, 1.82) is 0 Å². The first kappa shape index (κ1) is 13.4. The van der Waals surface area contributed by atoms with Crippen molar-refractivity contribution >= 4 is 11.7 Å². The van der Waals surface area contributed by atoms with Crippen LogP contribution in [0.15, 0.2) is 30.3 Å². The van der Waals surface area contributed by atoms with Crippen LogP contribution in [-0.2, 0) is 9.59 Å². The molecule has 1 aromatic carbocycles. The number of carbonyl (C=O) groups excluding carboxylic acids is 2. The van der Waals surface area contributed by atoms with E-state index < -0.39 is 6.04 Å². The minimum Gasteiger partial charge on any atom is -0.329 e. The summed E-state index contributed by atoms with van der Waals surface area (Å²) in [5, 5.41) is 0. The second kappa shape index (κ2) is 6.18. The molecule has 0 aliphatic rings. The molecule has 1 unspecified atom stereocenters. The summed E-state index contributed by atoms with van der Waals surface area (Å²) < 4.78 is 0. The maximum Gasteiger partial charge on any atom is 0.220 e. The van der Waals surface area contributed by atoms with E-state index in [1.165, 1.54) is 6.92 Å². The van der Waals surface area contributed by atoms with Gasteiger partial charge in [0.2, 0.25) is 5.91 Å². The highest BCUT2D eigenvalue weighted by molar-refractivity contribution is 5.89. The summed E-state index contributed by atoms with van der Waals surface area (Å²) in [7, 11) is 0. The first-order chi connectivity index (χ1) is 8.11. The van der Waals surface area contributed by atoms with Crippen molar-refractivity contribution in [3.63, 3.8) is 0 Å². The molecule has 1 atom stereocenters. The molecule has 0 saturated heterocycles. The molecule has 0 spiro atoms. The van der Waals surface area contributed by atoms with Crippen LogP contribution in [0.1, 0.15) is 38.8 Å². The lowest BCUT2D eigenvalue weighted by atomic mass is 9.99. The summed E-state index contributed by atoms with van der Waals surface area (Å²) in [4.78, 5) is 25.2. The number of benzene rings is 1. The Kier molecular flexibility index (Phi) is 4.88. The molecule has 3 heteroatoms. The van der Waals surface area contributed by atoms with Crippen molar-refractivity contribution in [2.24, 2.45) is 0 Å². The van der Waals surface area contributed by atoms with Gasteiger partial charge in [0.25, 0.3) is 0 Å². The molecule has 0 aliphatic heterocycles. The third kappa shape index (κ3) is 3.16. The minimum atomic E-state index is -0.441. The van der Waals surface area contributed by atoms with Gasteiger partial charge < -0.3 is 4.90 Å². The molecule has 0 heterocycles. The second-order valence-electron chi connectivity index (χ2n) is 3.94. The molecule has 0 N–H and O–H groups in total. The van der Waals surface area contributed by atoms with Gasteiger partial charge in [-0.2, -0.15) is 0 Å². The van der Waals surface area contributed by atoms with Gasteiger partial charge in [-0.1, -0.05) is 37.3 Å².